The lowest BCUT2D eigenvalue weighted by Gasteiger charge is -2.29. The first kappa shape index (κ1) is 19.9. The van der Waals surface area contributed by atoms with Gasteiger partial charge in [-0.3, -0.25) is 14.4 Å². The van der Waals surface area contributed by atoms with Gasteiger partial charge in [-0.1, -0.05) is 13.8 Å². The highest BCUT2D eigenvalue weighted by molar-refractivity contribution is 5.92. The Hall–Kier alpha value is -2.16. The third kappa shape index (κ3) is 5.19. The summed E-state index contributed by atoms with van der Waals surface area (Å²) in [5.74, 6) is -2.67. The van der Waals surface area contributed by atoms with Gasteiger partial charge in [-0.05, 0) is 25.7 Å². The number of likely N-dealkylation sites (tertiary alicyclic amines) is 1. The summed E-state index contributed by atoms with van der Waals surface area (Å²) in [5, 5.41) is 14.1. The van der Waals surface area contributed by atoms with Crippen molar-refractivity contribution in [3.8, 4) is 0 Å². The molecule has 1 heterocycles. The highest BCUT2D eigenvalue weighted by Gasteiger charge is 2.38. The second-order valence-corrected chi connectivity index (χ2v) is 6.32. The number of carboxylic acid groups (broad SMARTS) is 1. The lowest BCUT2D eigenvalue weighted by Crippen LogP contribution is -2.55. The van der Waals surface area contributed by atoms with Crippen LogP contribution in [0.1, 0.15) is 33.6 Å². The number of hydrogen-bond donors (Lipinski definition) is 4. The molecule has 9 nitrogen and oxygen atoms in total. The van der Waals surface area contributed by atoms with E-state index >= 15 is 0 Å². The van der Waals surface area contributed by atoms with Crippen molar-refractivity contribution < 1.29 is 24.3 Å². The summed E-state index contributed by atoms with van der Waals surface area (Å²) in [6, 6.07) is -2.43. The van der Waals surface area contributed by atoms with E-state index in [2.05, 4.69) is 10.6 Å². The van der Waals surface area contributed by atoms with Gasteiger partial charge in [0.2, 0.25) is 17.7 Å². The lowest BCUT2D eigenvalue weighted by atomic mass is 10.0. The molecule has 0 aromatic heterocycles. The van der Waals surface area contributed by atoms with Crippen LogP contribution in [0.25, 0.3) is 0 Å². The van der Waals surface area contributed by atoms with E-state index in [9.17, 15) is 24.3 Å². The molecular formula is C15H26N4O5. The first-order chi connectivity index (χ1) is 11.1. The second-order valence-electron chi connectivity index (χ2n) is 6.32. The lowest BCUT2D eigenvalue weighted by molar-refractivity contribution is -0.150. The molecule has 1 saturated heterocycles. The van der Waals surface area contributed by atoms with Crippen LogP contribution in [-0.2, 0) is 19.2 Å². The van der Waals surface area contributed by atoms with Gasteiger partial charge < -0.3 is 26.4 Å². The van der Waals surface area contributed by atoms with Crippen LogP contribution in [0.5, 0.6) is 0 Å². The van der Waals surface area contributed by atoms with Crippen LogP contribution in [0, 0.1) is 5.92 Å². The molecule has 5 N–H and O–H groups in total. The molecule has 3 unspecified atom stereocenters. The van der Waals surface area contributed by atoms with Gasteiger partial charge in [0.25, 0.3) is 0 Å². The fourth-order valence-electron chi connectivity index (χ4n) is 2.53. The van der Waals surface area contributed by atoms with Gasteiger partial charge in [-0.25, -0.2) is 4.79 Å². The normalized spacial score (nSPS) is 19.7. The monoisotopic (exact) mass is 342 g/mol. The predicted octanol–water partition coefficient (Wildman–Crippen LogP) is -1.33. The summed E-state index contributed by atoms with van der Waals surface area (Å²) < 4.78 is 0. The number of carboxylic acids is 1. The van der Waals surface area contributed by atoms with Crippen molar-refractivity contribution in [1.29, 1.82) is 0 Å². The summed E-state index contributed by atoms with van der Waals surface area (Å²) in [5.41, 5.74) is 5.39. The molecule has 0 saturated carbocycles. The number of nitrogens with one attached hydrogen (secondary N) is 2. The van der Waals surface area contributed by atoms with E-state index in [-0.39, 0.29) is 12.5 Å². The summed E-state index contributed by atoms with van der Waals surface area (Å²) >= 11 is 0. The topological polar surface area (TPSA) is 142 Å². The van der Waals surface area contributed by atoms with Gasteiger partial charge in [0.1, 0.15) is 12.1 Å². The number of nitrogens with two attached hydrogens (primary N) is 1. The number of nitrogens with zero attached hydrogens (tertiary/aromatic N) is 1. The third-order valence-corrected chi connectivity index (χ3v) is 3.91. The average Bonchev–Trinajstić information content (AvgIpc) is 2.98. The van der Waals surface area contributed by atoms with E-state index in [0.717, 1.165) is 0 Å². The van der Waals surface area contributed by atoms with Gasteiger partial charge in [-0.2, -0.15) is 0 Å². The molecule has 3 amide bonds. The van der Waals surface area contributed by atoms with Crippen LogP contribution >= 0.6 is 0 Å². The minimum absolute atomic E-state index is 0.222. The largest absolute Gasteiger partial charge is 0.480 e. The molecule has 1 rings (SSSR count). The quantitative estimate of drug-likeness (QED) is 0.451. The molecule has 0 aliphatic carbocycles. The molecule has 3 atom stereocenters. The van der Waals surface area contributed by atoms with Gasteiger partial charge >= 0.3 is 5.97 Å². The maximum absolute atomic E-state index is 12.6. The zero-order valence-corrected chi connectivity index (χ0v) is 14.2. The summed E-state index contributed by atoms with van der Waals surface area (Å²) in [7, 11) is 0. The maximum atomic E-state index is 12.6. The van der Waals surface area contributed by atoms with Crippen molar-refractivity contribution >= 4 is 23.7 Å². The highest BCUT2D eigenvalue weighted by Crippen LogP contribution is 2.20. The fourth-order valence-corrected chi connectivity index (χ4v) is 2.53. The fraction of sp³-hybridized carbons (Fsp3) is 0.733. The number of amides is 3. The van der Waals surface area contributed by atoms with E-state index in [1.807, 2.05) is 0 Å². The second kappa shape index (κ2) is 8.62. The molecule has 0 bridgehead atoms. The van der Waals surface area contributed by atoms with Gasteiger partial charge in [0.15, 0.2) is 0 Å². The van der Waals surface area contributed by atoms with Crippen LogP contribution < -0.4 is 16.4 Å². The molecule has 0 aromatic carbocycles. The third-order valence-electron chi connectivity index (χ3n) is 3.91. The number of rotatable bonds is 7. The molecule has 0 radical (unpaired) electrons. The highest BCUT2D eigenvalue weighted by atomic mass is 16.4. The molecule has 9 heteroatoms. The SMILES string of the molecule is CC(N)C(=O)NCC(=O)NC(C(=O)N1CCCC1C(=O)O)C(C)C. The van der Waals surface area contributed by atoms with Crippen LogP contribution in [0.3, 0.4) is 0 Å². The Balaban J connectivity index is 2.69. The summed E-state index contributed by atoms with van der Waals surface area (Å²) in [6.07, 6.45) is 1.02. The van der Waals surface area contributed by atoms with Gasteiger partial charge in [-0.15, -0.1) is 0 Å². The summed E-state index contributed by atoms with van der Waals surface area (Å²) in [4.78, 5) is 48.5. The van der Waals surface area contributed by atoms with E-state index in [4.69, 9.17) is 5.73 Å². The van der Waals surface area contributed by atoms with Crippen molar-refractivity contribution in [1.82, 2.24) is 15.5 Å². The summed E-state index contributed by atoms with van der Waals surface area (Å²) in [6.45, 7) is 5.08. The smallest absolute Gasteiger partial charge is 0.326 e. The maximum Gasteiger partial charge on any atom is 0.326 e. The molecule has 0 aromatic rings. The van der Waals surface area contributed by atoms with Gasteiger partial charge in [0.05, 0.1) is 12.6 Å². The Morgan fingerprint density at radius 1 is 1.25 bits per heavy atom. The minimum Gasteiger partial charge on any atom is -0.480 e. The first-order valence-corrected chi connectivity index (χ1v) is 8.01. The Morgan fingerprint density at radius 2 is 1.88 bits per heavy atom. The molecular weight excluding hydrogens is 316 g/mol. The zero-order valence-electron chi connectivity index (χ0n) is 14.2. The molecule has 24 heavy (non-hydrogen) atoms. The van der Waals surface area contributed by atoms with Crippen molar-refractivity contribution in [2.45, 2.75) is 51.7 Å². The minimum atomic E-state index is -1.04. The number of hydrogen-bond acceptors (Lipinski definition) is 5. The van der Waals surface area contributed by atoms with Crippen LogP contribution in [-0.4, -0.2) is 64.9 Å². The standard InChI is InChI=1S/C15H26N4O5/c1-8(2)12(18-11(20)7-17-13(21)9(3)16)14(22)19-6-4-5-10(19)15(23)24/h8-10,12H,4-7,16H2,1-3H3,(H,17,21)(H,18,20)(H,23,24). The van der Waals surface area contributed by atoms with E-state index < -0.39 is 41.8 Å². The van der Waals surface area contributed by atoms with E-state index in [1.54, 1.807) is 13.8 Å². The molecule has 1 fully saturated rings. The van der Waals surface area contributed by atoms with E-state index in [0.29, 0.717) is 19.4 Å². The zero-order chi connectivity index (χ0) is 18.4. The number of aliphatic carboxylic acids is 1. The van der Waals surface area contributed by atoms with Crippen molar-refractivity contribution in [3.63, 3.8) is 0 Å². The Kier molecular flexibility index (Phi) is 7.15. The van der Waals surface area contributed by atoms with Crippen LogP contribution in [0.2, 0.25) is 0 Å². The first-order valence-electron chi connectivity index (χ1n) is 8.01. The predicted molar refractivity (Wildman–Crippen MR) is 85.8 cm³/mol. The van der Waals surface area contributed by atoms with Crippen LogP contribution in [0.15, 0.2) is 0 Å². The Bertz CT molecular complexity index is 506. The van der Waals surface area contributed by atoms with Gasteiger partial charge in [0, 0.05) is 6.54 Å². The van der Waals surface area contributed by atoms with Crippen molar-refractivity contribution in [2.24, 2.45) is 11.7 Å². The van der Waals surface area contributed by atoms with Crippen molar-refractivity contribution in [3.05, 3.63) is 0 Å². The van der Waals surface area contributed by atoms with E-state index in [1.165, 1.54) is 11.8 Å². The van der Waals surface area contributed by atoms with Crippen LogP contribution in [0.4, 0.5) is 0 Å². The van der Waals surface area contributed by atoms with Crippen molar-refractivity contribution in [2.75, 3.05) is 13.1 Å². The molecule has 136 valence electrons. The Labute approximate surface area is 140 Å². The number of carbonyl (C=O) groups excluding carboxylic acids is 3. The molecule has 0 spiro atoms. The Morgan fingerprint density at radius 3 is 2.38 bits per heavy atom. The molecule has 1 aliphatic rings. The number of carbonyl (C=O) groups is 4. The average molecular weight is 342 g/mol. The molecule has 1 aliphatic heterocycles.